The van der Waals surface area contributed by atoms with Crippen molar-refractivity contribution in [3.63, 3.8) is 0 Å². The maximum Gasteiger partial charge on any atom is 0.152 e. The molecule has 0 spiro atoms. The highest BCUT2D eigenvalue weighted by Gasteiger charge is 2.32. The molecule has 1 aliphatic heterocycles. The lowest BCUT2D eigenvalue weighted by atomic mass is 9.85. The van der Waals surface area contributed by atoms with E-state index in [0.717, 1.165) is 23.7 Å². The molecule has 0 aromatic carbocycles. The molecule has 1 aromatic heterocycles. The zero-order valence-corrected chi connectivity index (χ0v) is 13.9. The maximum atomic E-state index is 11.6. The zero-order chi connectivity index (χ0) is 15.0. The molecule has 7 heteroatoms. The van der Waals surface area contributed by atoms with Crippen molar-refractivity contribution in [2.75, 3.05) is 18.1 Å². The van der Waals surface area contributed by atoms with E-state index in [1.807, 2.05) is 6.92 Å². The highest BCUT2D eigenvalue weighted by Crippen LogP contribution is 2.30. The van der Waals surface area contributed by atoms with E-state index in [-0.39, 0.29) is 17.5 Å². The number of hydrogen-bond acceptors (Lipinski definition) is 4. The molecule has 5 nitrogen and oxygen atoms in total. The van der Waals surface area contributed by atoms with Crippen molar-refractivity contribution in [1.82, 2.24) is 15.1 Å². The van der Waals surface area contributed by atoms with Gasteiger partial charge in [0.05, 0.1) is 23.2 Å². The van der Waals surface area contributed by atoms with E-state index < -0.39 is 9.84 Å². The molecule has 3 rings (SSSR count). The van der Waals surface area contributed by atoms with Crippen molar-refractivity contribution in [2.45, 2.75) is 45.2 Å². The normalized spacial score (nSPS) is 25.1. The molecule has 2 aliphatic rings. The van der Waals surface area contributed by atoms with Crippen molar-refractivity contribution >= 4 is 21.4 Å². The van der Waals surface area contributed by atoms with Crippen molar-refractivity contribution in [1.29, 1.82) is 0 Å². The number of sulfone groups is 1. The Hall–Kier alpha value is -0.590. The molecule has 1 aliphatic carbocycles. The lowest BCUT2D eigenvalue weighted by Crippen LogP contribution is -2.27. The van der Waals surface area contributed by atoms with Gasteiger partial charge >= 0.3 is 0 Å². The molecule has 1 saturated heterocycles. The Balaban J connectivity index is 1.67. The quantitative estimate of drug-likeness (QED) is 0.897. The summed E-state index contributed by atoms with van der Waals surface area (Å²) in [5.74, 6) is 1.20. The van der Waals surface area contributed by atoms with Crippen molar-refractivity contribution in [3.05, 3.63) is 16.4 Å². The Morgan fingerprint density at radius 1 is 1.38 bits per heavy atom. The van der Waals surface area contributed by atoms with Crippen LogP contribution in [-0.2, 0) is 16.4 Å². The van der Waals surface area contributed by atoms with Gasteiger partial charge in [-0.1, -0.05) is 18.0 Å². The van der Waals surface area contributed by atoms with Gasteiger partial charge in [0.1, 0.15) is 5.15 Å². The number of nitrogens with one attached hydrogen (secondary N) is 1. The standard InChI is InChI=1S/C14H22ClN3O2S/c1-10-13(8-16-7-11-3-2-4-11)14(15)18(17-10)12-5-6-21(19,20)9-12/h11-12,16H,2-9H2,1H3/t12-/m1/s1. The third kappa shape index (κ3) is 3.27. The third-order valence-corrected chi connectivity index (χ3v) is 6.81. The Bertz CT molecular complexity index is 622. The van der Waals surface area contributed by atoms with Crippen LogP contribution in [0.25, 0.3) is 0 Å². The second kappa shape index (κ2) is 5.89. The molecule has 2 heterocycles. The number of hydrogen-bond donors (Lipinski definition) is 1. The number of rotatable bonds is 5. The molecule has 1 aromatic rings. The second-order valence-corrected chi connectivity index (χ2v) is 8.87. The molecular weight excluding hydrogens is 310 g/mol. The van der Waals surface area contributed by atoms with Gasteiger partial charge in [0.2, 0.25) is 0 Å². The topological polar surface area (TPSA) is 64.0 Å². The first-order valence-electron chi connectivity index (χ1n) is 7.61. The van der Waals surface area contributed by atoms with Crippen LogP contribution in [0.4, 0.5) is 0 Å². The molecule has 1 N–H and O–H groups in total. The predicted octanol–water partition coefficient (Wildman–Crippen LogP) is 2.09. The first-order chi connectivity index (χ1) is 9.96. The summed E-state index contributed by atoms with van der Waals surface area (Å²) in [5.41, 5.74) is 1.89. The largest absolute Gasteiger partial charge is 0.312 e. The minimum absolute atomic E-state index is 0.110. The average Bonchev–Trinajstić information content (AvgIpc) is 2.85. The molecule has 0 amide bonds. The summed E-state index contributed by atoms with van der Waals surface area (Å²) in [4.78, 5) is 0. The fraction of sp³-hybridized carbons (Fsp3) is 0.786. The fourth-order valence-electron chi connectivity index (χ4n) is 3.06. The molecule has 1 saturated carbocycles. The summed E-state index contributed by atoms with van der Waals surface area (Å²) in [7, 11) is -2.92. The minimum atomic E-state index is -2.92. The van der Waals surface area contributed by atoms with Gasteiger partial charge in [0.15, 0.2) is 9.84 Å². The molecule has 0 bridgehead atoms. The van der Waals surface area contributed by atoms with Gasteiger partial charge in [0, 0.05) is 12.1 Å². The second-order valence-electron chi connectivity index (χ2n) is 6.28. The van der Waals surface area contributed by atoms with Crippen LogP contribution in [0.2, 0.25) is 5.15 Å². The van der Waals surface area contributed by atoms with Gasteiger partial charge in [-0.25, -0.2) is 13.1 Å². The molecule has 0 radical (unpaired) electrons. The predicted molar refractivity (Wildman–Crippen MR) is 83.3 cm³/mol. The van der Waals surface area contributed by atoms with E-state index in [4.69, 9.17) is 11.6 Å². The molecule has 1 atom stereocenters. The molecule has 0 unspecified atom stereocenters. The van der Waals surface area contributed by atoms with Crippen LogP contribution < -0.4 is 5.32 Å². The average molecular weight is 332 g/mol. The lowest BCUT2D eigenvalue weighted by molar-refractivity contribution is 0.301. The van der Waals surface area contributed by atoms with Gasteiger partial charge in [-0.3, -0.25) is 0 Å². The van der Waals surface area contributed by atoms with Gasteiger partial charge in [-0.05, 0) is 38.6 Å². The summed E-state index contributed by atoms with van der Waals surface area (Å²) in [6, 6.07) is -0.110. The summed E-state index contributed by atoms with van der Waals surface area (Å²) in [6.45, 7) is 3.67. The fourth-order valence-corrected chi connectivity index (χ4v) is 5.13. The minimum Gasteiger partial charge on any atom is -0.312 e. The van der Waals surface area contributed by atoms with Crippen LogP contribution in [-0.4, -0.2) is 36.2 Å². The van der Waals surface area contributed by atoms with Crippen LogP contribution in [0.1, 0.15) is 43.0 Å². The first-order valence-corrected chi connectivity index (χ1v) is 9.81. The van der Waals surface area contributed by atoms with Gasteiger partial charge in [0.25, 0.3) is 0 Å². The van der Waals surface area contributed by atoms with Crippen LogP contribution in [0.5, 0.6) is 0 Å². The highest BCUT2D eigenvalue weighted by molar-refractivity contribution is 7.91. The van der Waals surface area contributed by atoms with Crippen molar-refractivity contribution in [3.8, 4) is 0 Å². The summed E-state index contributed by atoms with van der Waals surface area (Å²) < 4.78 is 24.9. The SMILES string of the molecule is Cc1nn([C@@H]2CCS(=O)(=O)C2)c(Cl)c1CNCC1CCC1. The first kappa shape index (κ1) is 15.3. The third-order valence-electron chi connectivity index (χ3n) is 4.66. The lowest BCUT2D eigenvalue weighted by Gasteiger charge is -2.25. The van der Waals surface area contributed by atoms with E-state index in [1.54, 1.807) is 4.68 Å². The summed E-state index contributed by atoms with van der Waals surface area (Å²) in [5, 5.41) is 8.51. The summed E-state index contributed by atoms with van der Waals surface area (Å²) in [6.07, 6.45) is 4.59. The van der Waals surface area contributed by atoms with E-state index in [0.29, 0.717) is 18.1 Å². The molecule has 118 valence electrons. The van der Waals surface area contributed by atoms with Crippen molar-refractivity contribution in [2.24, 2.45) is 5.92 Å². The Morgan fingerprint density at radius 3 is 2.71 bits per heavy atom. The van der Waals surface area contributed by atoms with Crippen LogP contribution in [0.15, 0.2) is 0 Å². The smallest absolute Gasteiger partial charge is 0.152 e. The van der Waals surface area contributed by atoms with Crippen molar-refractivity contribution < 1.29 is 8.42 Å². The van der Waals surface area contributed by atoms with Gasteiger partial charge < -0.3 is 5.32 Å². The Labute approximate surface area is 131 Å². The van der Waals surface area contributed by atoms with E-state index in [1.165, 1.54) is 19.3 Å². The maximum absolute atomic E-state index is 11.6. The van der Waals surface area contributed by atoms with Gasteiger partial charge in [-0.15, -0.1) is 0 Å². The highest BCUT2D eigenvalue weighted by atomic mass is 35.5. The number of aromatic nitrogens is 2. The van der Waals surface area contributed by atoms with Gasteiger partial charge in [-0.2, -0.15) is 5.10 Å². The monoisotopic (exact) mass is 331 g/mol. The van der Waals surface area contributed by atoms with Crippen LogP contribution in [0.3, 0.4) is 0 Å². The molecule has 21 heavy (non-hydrogen) atoms. The zero-order valence-electron chi connectivity index (χ0n) is 12.3. The van der Waals surface area contributed by atoms with Crippen LogP contribution >= 0.6 is 11.6 Å². The number of nitrogens with zero attached hydrogens (tertiary/aromatic N) is 2. The number of aryl methyl sites for hydroxylation is 1. The molecule has 2 fully saturated rings. The number of halogens is 1. The Morgan fingerprint density at radius 2 is 2.14 bits per heavy atom. The van der Waals surface area contributed by atoms with Crippen LogP contribution in [0, 0.1) is 12.8 Å². The van der Waals surface area contributed by atoms with E-state index >= 15 is 0 Å². The molecular formula is C14H22ClN3O2S. The summed E-state index contributed by atoms with van der Waals surface area (Å²) >= 11 is 6.43. The Kier molecular flexibility index (Phi) is 4.30. The van der Waals surface area contributed by atoms with E-state index in [9.17, 15) is 8.42 Å². The van der Waals surface area contributed by atoms with E-state index in [2.05, 4.69) is 10.4 Å².